The summed E-state index contributed by atoms with van der Waals surface area (Å²) in [7, 11) is 0. The van der Waals surface area contributed by atoms with Crippen molar-refractivity contribution in [2.45, 2.75) is 20.4 Å². The molecule has 104 valence electrons. The summed E-state index contributed by atoms with van der Waals surface area (Å²) in [6, 6.07) is 15.4. The molecule has 2 aromatic rings. The fraction of sp³-hybridized carbons (Fsp3) is 0.235. The number of hydrogen-bond donors (Lipinski definition) is 1. The minimum Gasteiger partial charge on any atom is -0.478 e. The quantitative estimate of drug-likeness (QED) is 0.899. The molecule has 0 saturated carbocycles. The van der Waals surface area contributed by atoms with E-state index in [0.717, 1.165) is 18.8 Å². The van der Waals surface area contributed by atoms with Crippen LogP contribution in [0.5, 0.6) is 0 Å². The molecule has 3 nitrogen and oxygen atoms in total. The van der Waals surface area contributed by atoms with Crippen molar-refractivity contribution in [3.8, 4) is 0 Å². The molecule has 0 fully saturated rings. The van der Waals surface area contributed by atoms with E-state index in [-0.39, 0.29) is 0 Å². The first-order valence-electron chi connectivity index (χ1n) is 6.74. The van der Waals surface area contributed by atoms with Crippen molar-refractivity contribution in [3.05, 3.63) is 65.2 Å². The van der Waals surface area contributed by atoms with Gasteiger partial charge in [0.2, 0.25) is 0 Å². The van der Waals surface area contributed by atoms with Crippen LogP contribution in [0.15, 0.2) is 48.5 Å². The van der Waals surface area contributed by atoms with E-state index in [2.05, 4.69) is 30.9 Å². The van der Waals surface area contributed by atoms with Crippen LogP contribution in [0, 0.1) is 6.92 Å². The SMILES string of the molecule is CCN(Cc1ccccc1C)c1ccc(C(=O)O)cc1. The third-order valence-corrected chi connectivity index (χ3v) is 3.48. The fourth-order valence-corrected chi connectivity index (χ4v) is 2.19. The molecule has 0 heterocycles. The highest BCUT2D eigenvalue weighted by Gasteiger charge is 2.08. The summed E-state index contributed by atoms with van der Waals surface area (Å²) in [5, 5.41) is 8.93. The maximum absolute atomic E-state index is 10.9. The van der Waals surface area contributed by atoms with E-state index in [1.807, 2.05) is 24.3 Å². The first kappa shape index (κ1) is 14.1. The maximum Gasteiger partial charge on any atom is 0.335 e. The predicted octanol–water partition coefficient (Wildman–Crippen LogP) is 3.72. The Morgan fingerprint density at radius 2 is 1.75 bits per heavy atom. The molecule has 0 amide bonds. The lowest BCUT2D eigenvalue weighted by Gasteiger charge is -2.24. The molecular formula is C17H19NO2. The van der Waals surface area contributed by atoms with E-state index in [1.54, 1.807) is 12.1 Å². The maximum atomic E-state index is 10.9. The second-order valence-electron chi connectivity index (χ2n) is 4.79. The summed E-state index contributed by atoms with van der Waals surface area (Å²) in [5.74, 6) is -0.890. The normalized spacial score (nSPS) is 10.3. The molecular weight excluding hydrogens is 250 g/mol. The molecule has 0 aliphatic heterocycles. The van der Waals surface area contributed by atoms with Crippen molar-refractivity contribution in [3.63, 3.8) is 0 Å². The van der Waals surface area contributed by atoms with E-state index in [0.29, 0.717) is 5.56 Å². The van der Waals surface area contributed by atoms with Crippen LogP contribution < -0.4 is 4.90 Å². The molecule has 1 N–H and O–H groups in total. The highest BCUT2D eigenvalue weighted by atomic mass is 16.4. The first-order chi connectivity index (χ1) is 9.61. The second kappa shape index (κ2) is 6.24. The van der Waals surface area contributed by atoms with Gasteiger partial charge >= 0.3 is 5.97 Å². The lowest BCUT2D eigenvalue weighted by molar-refractivity contribution is 0.0697. The van der Waals surface area contributed by atoms with Gasteiger partial charge in [0.15, 0.2) is 0 Å². The molecule has 0 spiro atoms. The number of nitrogens with zero attached hydrogens (tertiary/aromatic N) is 1. The summed E-state index contributed by atoms with van der Waals surface area (Å²) in [4.78, 5) is 13.1. The van der Waals surface area contributed by atoms with Crippen LogP contribution in [0.3, 0.4) is 0 Å². The van der Waals surface area contributed by atoms with Crippen LogP contribution in [-0.2, 0) is 6.54 Å². The van der Waals surface area contributed by atoms with Crippen molar-refractivity contribution in [1.29, 1.82) is 0 Å². The van der Waals surface area contributed by atoms with Gasteiger partial charge in [-0.25, -0.2) is 4.79 Å². The summed E-state index contributed by atoms with van der Waals surface area (Å²) in [6.45, 7) is 5.91. The van der Waals surface area contributed by atoms with E-state index in [4.69, 9.17) is 5.11 Å². The highest BCUT2D eigenvalue weighted by molar-refractivity contribution is 5.88. The zero-order valence-electron chi connectivity index (χ0n) is 11.8. The molecule has 0 aliphatic rings. The lowest BCUT2D eigenvalue weighted by atomic mass is 10.1. The molecule has 0 aliphatic carbocycles. The van der Waals surface area contributed by atoms with Crippen LogP contribution in [0.4, 0.5) is 5.69 Å². The Kier molecular flexibility index (Phi) is 4.41. The third-order valence-electron chi connectivity index (χ3n) is 3.48. The average molecular weight is 269 g/mol. The molecule has 0 bridgehead atoms. The zero-order valence-corrected chi connectivity index (χ0v) is 11.8. The number of rotatable bonds is 5. The summed E-state index contributed by atoms with van der Waals surface area (Å²) in [6.07, 6.45) is 0. The van der Waals surface area contributed by atoms with Crippen molar-refractivity contribution in [2.24, 2.45) is 0 Å². The molecule has 0 atom stereocenters. The van der Waals surface area contributed by atoms with Crippen LogP contribution in [-0.4, -0.2) is 17.6 Å². The van der Waals surface area contributed by atoms with Gasteiger partial charge in [-0.05, 0) is 49.2 Å². The Balaban J connectivity index is 2.20. The lowest BCUT2D eigenvalue weighted by Crippen LogP contribution is -2.22. The van der Waals surface area contributed by atoms with Gasteiger partial charge in [-0.2, -0.15) is 0 Å². The minimum absolute atomic E-state index is 0.320. The standard InChI is InChI=1S/C17H19NO2/c1-3-18(12-15-7-5-4-6-13(15)2)16-10-8-14(9-11-16)17(19)20/h4-11H,3,12H2,1-2H3,(H,19,20). The molecule has 0 aromatic heterocycles. The number of aromatic carboxylic acids is 1. The fourth-order valence-electron chi connectivity index (χ4n) is 2.19. The minimum atomic E-state index is -0.890. The Morgan fingerprint density at radius 3 is 2.30 bits per heavy atom. The van der Waals surface area contributed by atoms with E-state index >= 15 is 0 Å². The molecule has 0 radical (unpaired) electrons. The van der Waals surface area contributed by atoms with Crippen molar-refractivity contribution >= 4 is 11.7 Å². The van der Waals surface area contributed by atoms with Gasteiger partial charge in [0, 0.05) is 18.8 Å². The highest BCUT2D eigenvalue weighted by Crippen LogP contribution is 2.19. The largest absolute Gasteiger partial charge is 0.478 e. The number of carbonyl (C=O) groups is 1. The molecule has 20 heavy (non-hydrogen) atoms. The van der Waals surface area contributed by atoms with Crippen LogP contribution in [0.1, 0.15) is 28.4 Å². The van der Waals surface area contributed by atoms with E-state index in [9.17, 15) is 4.79 Å². The third kappa shape index (κ3) is 3.18. The number of carboxylic acids is 1. The number of aryl methyl sites for hydroxylation is 1. The zero-order chi connectivity index (χ0) is 14.5. The topological polar surface area (TPSA) is 40.5 Å². The summed E-state index contributed by atoms with van der Waals surface area (Å²) < 4.78 is 0. The summed E-state index contributed by atoms with van der Waals surface area (Å²) in [5.41, 5.74) is 3.92. The first-order valence-corrected chi connectivity index (χ1v) is 6.74. The van der Waals surface area contributed by atoms with Gasteiger partial charge in [0.05, 0.1) is 5.56 Å². The predicted molar refractivity (Wildman–Crippen MR) is 81.3 cm³/mol. The molecule has 3 heteroatoms. The van der Waals surface area contributed by atoms with Crippen LogP contribution in [0.25, 0.3) is 0 Å². The molecule has 2 aromatic carbocycles. The van der Waals surface area contributed by atoms with Gasteiger partial charge in [-0.1, -0.05) is 24.3 Å². The summed E-state index contributed by atoms with van der Waals surface area (Å²) >= 11 is 0. The van der Waals surface area contributed by atoms with Gasteiger partial charge in [0.1, 0.15) is 0 Å². The number of carboxylic acid groups (broad SMARTS) is 1. The average Bonchev–Trinajstić information content (AvgIpc) is 2.46. The van der Waals surface area contributed by atoms with E-state index < -0.39 is 5.97 Å². The molecule has 0 saturated heterocycles. The number of hydrogen-bond acceptors (Lipinski definition) is 2. The van der Waals surface area contributed by atoms with Crippen molar-refractivity contribution < 1.29 is 9.90 Å². The Bertz CT molecular complexity index is 590. The number of anilines is 1. The van der Waals surface area contributed by atoms with Crippen molar-refractivity contribution in [2.75, 3.05) is 11.4 Å². The number of benzene rings is 2. The molecule has 0 unspecified atom stereocenters. The van der Waals surface area contributed by atoms with Gasteiger partial charge in [-0.3, -0.25) is 0 Å². The van der Waals surface area contributed by atoms with Gasteiger partial charge < -0.3 is 10.0 Å². The monoisotopic (exact) mass is 269 g/mol. The van der Waals surface area contributed by atoms with Gasteiger partial charge in [0.25, 0.3) is 0 Å². The van der Waals surface area contributed by atoms with Crippen LogP contribution in [0.2, 0.25) is 0 Å². The Morgan fingerprint density at radius 1 is 1.10 bits per heavy atom. The van der Waals surface area contributed by atoms with Crippen molar-refractivity contribution in [1.82, 2.24) is 0 Å². The second-order valence-corrected chi connectivity index (χ2v) is 4.79. The Hall–Kier alpha value is -2.29. The smallest absolute Gasteiger partial charge is 0.335 e. The van der Waals surface area contributed by atoms with Gasteiger partial charge in [-0.15, -0.1) is 0 Å². The molecule has 2 rings (SSSR count). The van der Waals surface area contributed by atoms with Crippen LogP contribution >= 0.6 is 0 Å². The Labute approximate surface area is 119 Å². The van der Waals surface area contributed by atoms with E-state index in [1.165, 1.54) is 11.1 Å².